The number of alkyl halides is 3. The third-order valence-corrected chi connectivity index (χ3v) is 5.54. The van der Waals surface area contributed by atoms with Crippen molar-refractivity contribution in [1.29, 1.82) is 0 Å². The van der Waals surface area contributed by atoms with Crippen LogP contribution in [-0.2, 0) is 30.5 Å². The molecule has 5 nitrogen and oxygen atoms in total. The van der Waals surface area contributed by atoms with Crippen LogP contribution in [0, 0.1) is 5.82 Å². The fourth-order valence-electron chi connectivity index (χ4n) is 3.24. The standard InChI is InChI=1S/C24H20Cl2F4N2O3/c25-18-8-15(10-21(31)23(33)34)9-19(26)22(18)35-12-14-2-1-3-16(6-14)32-11-13-4-5-20(27)17(7-13)24(28,29)30/h1-9,21,32H,10-12,31H2,(H,33,34). The Morgan fingerprint density at radius 2 is 1.71 bits per heavy atom. The zero-order chi connectivity index (χ0) is 25.8. The Balaban J connectivity index is 1.65. The summed E-state index contributed by atoms with van der Waals surface area (Å²) in [6, 6.07) is 11.8. The minimum absolute atomic E-state index is 0.0429. The molecular weight excluding hydrogens is 511 g/mol. The number of carboxylic acids is 1. The zero-order valence-electron chi connectivity index (χ0n) is 18.0. The molecular formula is C24H20Cl2F4N2O3. The van der Waals surface area contributed by atoms with Crippen molar-refractivity contribution in [2.45, 2.75) is 31.8 Å². The van der Waals surface area contributed by atoms with E-state index in [1.807, 2.05) is 0 Å². The van der Waals surface area contributed by atoms with E-state index in [-0.39, 0.29) is 40.9 Å². The number of halogens is 6. The maximum absolute atomic E-state index is 13.5. The molecule has 0 aliphatic carbocycles. The lowest BCUT2D eigenvalue weighted by Crippen LogP contribution is -2.32. The van der Waals surface area contributed by atoms with E-state index < -0.39 is 29.6 Å². The smallest absolute Gasteiger partial charge is 0.419 e. The van der Waals surface area contributed by atoms with E-state index in [4.69, 9.17) is 38.8 Å². The Hall–Kier alpha value is -3.01. The molecule has 186 valence electrons. The van der Waals surface area contributed by atoms with Crippen molar-refractivity contribution >= 4 is 34.9 Å². The highest BCUT2D eigenvalue weighted by molar-refractivity contribution is 6.37. The van der Waals surface area contributed by atoms with Gasteiger partial charge in [-0.15, -0.1) is 0 Å². The van der Waals surface area contributed by atoms with Gasteiger partial charge in [-0.05, 0) is 59.5 Å². The molecule has 0 fully saturated rings. The summed E-state index contributed by atoms with van der Waals surface area (Å²) >= 11 is 12.5. The Kier molecular flexibility index (Phi) is 8.47. The first-order valence-electron chi connectivity index (χ1n) is 10.2. The molecule has 0 spiro atoms. The van der Waals surface area contributed by atoms with Crippen molar-refractivity contribution in [2.24, 2.45) is 5.73 Å². The molecule has 35 heavy (non-hydrogen) atoms. The van der Waals surface area contributed by atoms with Gasteiger partial charge in [0.05, 0.1) is 15.6 Å². The normalized spacial score (nSPS) is 12.3. The van der Waals surface area contributed by atoms with Crippen LogP contribution in [0.4, 0.5) is 23.2 Å². The summed E-state index contributed by atoms with van der Waals surface area (Å²) < 4.78 is 58.0. The van der Waals surface area contributed by atoms with Crippen molar-refractivity contribution in [1.82, 2.24) is 0 Å². The van der Waals surface area contributed by atoms with E-state index in [1.54, 1.807) is 24.3 Å². The molecule has 0 saturated carbocycles. The minimum Gasteiger partial charge on any atom is -0.486 e. The number of nitrogens with two attached hydrogens (primary N) is 1. The number of rotatable bonds is 9. The average Bonchev–Trinajstić information content (AvgIpc) is 2.77. The fraction of sp³-hybridized carbons (Fsp3) is 0.208. The Morgan fingerprint density at radius 3 is 2.34 bits per heavy atom. The lowest BCUT2D eigenvalue weighted by atomic mass is 10.1. The summed E-state index contributed by atoms with van der Waals surface area (Å²) in [5.41, 5.74) is 6.36. The van der Waals surface area contributed by atoms with Crippen LogP contribution in [0.1, 0.15) is 22.3 Å². The molecule has 0 heterocycles. The van der Waals surface area contributed by atoms with E-state index in [9.17, 15) is 22.4 Å². The van der Waals surface area contributed by atoms with Gasteiger partial charge in [0.25, 0.3) is 0 Å². The molecule has 11 heteroatoms. The summed E-state index contributed by atoms with van der Waals surface area (Å²) in [5.74, 6) is -2.26. The monoisotopic (exact) mass is 530 g/mol. The second-order valence-corrected chi connectivity index (χ2v) is 8.51. The van der Waals surface area contributed by atoms with Gasteiger partial charge in [0.15, 0.2) is 5.75 Å². The Morgan fingerprint density at radius 1 is 1.03 bits per heavy atom. The summed E-state index contributed by atoms with van der Waals surface area (Å²) in [5, 5.41) is 12.3. The minimum atomic E-state index is -4.78. The van der Waals surface area contributed by atoms with E-state index in [0.717, 1.165) is 12.1 Å². The molecule has 1 atom stereocenters. The highest BCUT2D eigenvalue weighted by Crippen LogP contribution is 2.35. The number of carbonyl (C=O) groups is 1. The molecule has 0 aliphatic heterocycles. The summed E-state index contributed by atoms with van der Waals surface area (Å²) in [6.07, 6.45) is -4.73. The number of hydrogen-bond donors (Lipinski definition) is 3. The largest absolute Gasteiger partial charge is 0.486 e. The van der Waals surface area contributed by atoms with Gasteiger partial charge in [-0.2, -0.15) is 13.2 Å². The van der Waals surface area contributed by atoms with E-state index in [0.29, 0.717) is 16.8 Å². The lowest BCUT2D eigenvalue weighted by molar-refractivity contribution is -0.140. The van der Waals surface area contributed by atoms with Gasteiger partial charge in [-0.25, -0.2) is 4.39 Å². The van der Waals surface area contributed by atoms with Crippen molar-refractivity contribution in [3.63, 3.8) is 0 Å². The van der Waals surface area contributed by atoms with Crippen LogP contribution in [0.2, 0.25) is 10.0 Å². The highest BCUT2D eigenvalue weighted by atomic mass is 35.5. The Bertz CT molecular complexity index is 1200. The van der Waals surface area contributed by atoms with Gasteiger partial charge in [0.2, 0.25) is 0 Å². The molecule has 3 aromatic carbocycles. The molecule has 0 aromatic heterocycles. The van der Waals surface area contributed by atoms with Gasteiger partial charge >= 0.3 is 12.1 Å². The molecule has 0 aliphatic rings. The van der Waals surface area contributed by atoms with Crippen LogP contribution in [0.15, 0.2) is 54.6 Å². The van der Waals surface area contributed by atoms with E-state index >= 15 is 0 Å². The number of anilines is 1. The molecule has 0 amide bonds. The summed E-state index contributed by atoms with van der Waals surface area (Å²) in [4.78, 5) is 10.9. The van der Waals surface area contributed by atoms with Crippen molar-refractivity contribution in [2.75, 3.05) is 5.32 Å². The maximum atomic E-state index is 13.5. The van der Waals surface area contributed by atoms with Crippen molar-refractivity contribution in [3.8, 4) is 5.75 Å². The molecule has 3 rings (SSSR count). The maximum Gasteiger partial charge on any atom is 0.419 e. The number of carboxylic acid groups (broad SMARTS) is 1. The quantitative estimate of drug-likeness (QED) is 0.283. The number of benzene rings is 3. The molecule has 0 bridgehead atoms. The predicted molar refractivity (Wildman–Crippen MR) is 125 cm³/mol. The molecule has 3 aromatic rings. The van der Waals surface area contributed by atoms with Gasteiger partial charge < -0.3 is 20.9 Å². The number of aliphatic carboxylic acids is 1. The van der Waals surface area contributed by atoms with Gasteiger partial charge in [0.1, 0.15) is 18.5 Å². The first kappa shape index (κ1) is 26.6. The first-order valence-corrected chi connectivity index (χ1v) is 11.0. The van der Waals surface area contributed by atoms with Gasteiger partial charge in [-0.3, -0.25) is 4.79 Å². The van der Waals surface area contributed by atoms with Crippen LogP contribution in [-0.4, -0.2) is 17.1 Å². The number of ether oxygens (including phenoxy) is 1. The average molecular weight is 531 g/mol. The molecule has 0 radical (unpaired) electrons. The highest BCUT2D eigenvalue weighted by Gasteiger charge is 2.34. The van der Waals surface area contributed by atoms with Gasteiger partial charge in [0, 0.05) is 12.2 Å². The second kappa shape index (κ2) is 11.2. The second-order valence-electron chi connectivity index (χ2n) is 7.69. The molecule has 4 N–H and O–H groups in total. The topological polar surface area (TPSA) is 84.6 Å². The predicted octanol–water partition coefficient (Wildman–Crippen LogP) is 6.30. The van der Waals surface area contributed by atoms with Crippen LogP contribution in [0.25, 0.3) is 0 Å². The van der Waals surface area contributed by atoms with Gasteiger partial charge in [-0.1, -0.05) is 41.4 Å². The summed E-state index contributed by atoms with van der Waals surface area (Å²) in [6.45, 7) is 0.128. The number of hydrogen-bond acceptors (Lipinski definition) is 4. The van der Waals surface area contributed by atoms with Crippen LogP contribution < -0.4 is 15.8 Å². The third-order valence-electron chi connectivity index (χ3n) is 4.97. The lowest BCUT2D eigenvalue weighted by Gasteiger charge is -2.14. The van der Waals surface area contributed by atoms with Crippen molar-refractivity contribution < 1.29 is 32.2 Å². The van der Waals surface area contributed by atoms with E-state index in [1.165, 1.54) is 18.2 Å². The van der Waals surface area contributed by atoms with Crippen LogP contribution in [0.3, 0.4) is 0 Å². The first-order chi connectivity index (χ1) is 16.4. The Labute approximate surface area is 208 Å². The zero-order valence-corrected chi connectivity index (χ0v) is 19.5. The molecule has 1 unspecified atom stereocenters. The molecule has 0 saturated heterocycles. The van der Waals surface area contributed by atoms with Crippen molar-refractivity contribution in [3.05, 3.63) is 92.7 Å². The number of nitrogens with one attached hydrogen (secondary N) is 1. The van der Waals surface area contributed by atoms with E-state index in [2.05, 4.69) is 5.32 Å². The third kappa shape index (κ3) is 7.24. The van der Waals surface area contributed by atoms with Crippen LogP contribution >= 0.6 is 23.2 Å². The summed E-state index contributed by atoms with van der Waals surface area (Å²) in [7, 11) is 0. The van der Waals surface area contributed by atoms with Crippen LogP contribution in [0.5, 0.6) is 5.75 Å². The SMILES string of the molecule is NC(Cc1cc(Cl)c(OCc2cccc(NCc3ccc(F)c(C(F)(F)F)c3)c2)c(Cl)c1)C(=O)O. The fourth-order valence-corrected chi connectivity index (χ4v) is 3.88.